The van der Waals surface area contributed by atoms with Crippen LogP contribution >= 0.6 is 0 Å². The Morgan fingerprint density at radius 2 is 1.36 bits per heavy atom. The molecule has 1 atom stereocenters. The molecular weight excluding hydrogens is 220 g/mol. The summed E-state index contributed by atoms with van der Waals surface area (Å²) < 4.78 is 0. The zero-order chi connectivity index (χ0) is 11.1. The van der Waals surface area contributed by atoms with Crippen molar-refractivity contribution in [3.05, 3.63) is 0 Å². The summed E-state index contributed by atoms with van der Waals surface area (Å²) in [7, 11) is 0. The molecule has 5 heteroatoms. The van der Waals surface area contributed by atoms with Gasteiger partial charge >= 0.3 is 0 Å². The summed E-state index contributed by atoms with van der Waals surface area (Å²) in [5, 5.41) is 34.1. The van der Waals surface area contributed by atoms with Crippen LogP contribution in [0.3, 0.4) is 0 Å². The molecule has 4 N–H and O–H groups in total. The average Bonchev–Trinajstić information content (AvgIpc) is 2.02. The molecule has 0 saturated heterocycles. The Bertz CT molecular complexity index is 115. The third-order valence-corrected chi connectivity index (χ3v) is 1.48. The van der Waals surface area contributed by atoms with E-state index in [0.717, 1.165) is 0 Å². The number of rotatable bonds is 3. The quantitative estimate of drug-likeness (QED) is 0.514. The van der Waals surface area contributed by atoms with Crippen molar-refractivity contribution in [2.24, 2.45) is 5.41 Å². The van der Waals surface area contributed by atoms with Gasteiger partial charge in [-0.15, -0.1) is 0 Å². The van der Waals surface area contributed by atoms with Gasteiger partial charge < -0.3 is 20.4 Å². The summed E-state index contributed by atoms with van der Waals surface area (Å²) >= 11 is 0. The maximum absolute atomic E-state index is 8.98. The summed E-state index contributed by atoms with van der Waals surface area (Å²) in [5.41, 5.74) is -0.589. The Kier molecular flexibility index (Phi) is 14.4. The summed E-state index contributed by atoms with van der Waals surface area (Å²) in [4.78, 5) is 0. The van der Waals surface area contributed by atoms with E-state index in [1.54, 1.807) is 27.7 Å². The summed E-state index contributed by atoms with van der Waals surface area (Å²) in [6.07, 6.45) is -0.998. The molecule has 0 aromatic rings. The Labute approximate surface area is 101 Å². The van der Waals surface area contributed by atoms with Crippen molar-refractivity contribution in [3.8, 4) is 0 Å². The van der Waals surface area contributed by atoms with Gasteiger partial charge in [0.05, 0.1) is 19.3 Å². The van der Waals surface area contributed by atoms with Crippen LogP contribution in [0.2, 0.25) is 0 Å². The van der Waals surface area contributed by atoms with Crippen molar-refractivity contribution in [2.75, 3.05) is 13.2 Å². The van der Waals surface area contributed by atoms with Crippen LogP contribution in [0.25, 0.3) is 0 Å². The molecule has 0 amide bonds. The second-order valence-electron chi connectivity index (χ2n) is 3.94. The van der Waals surface area contributed by atoms with E-state index in [1.807, 2.05) is 0 Å². The predicted octanol–water partition coefficient (Wildman–Crippen LogP) is -0.257. The van der Waals surface area contributed by atoms with E-state index in [-0.39, 0.29) is 41.0 Å². The number of hydrogen-bond donors (Lipinski definition) is 4. The van der Waals surface area contributed by atoms with Crippen LogP contribution in [-0.2, 0) is 21.7 Å². The largest absolute Gasteiger partial charge is 0.396 e. The number of aliphatic hydroxyl groups excluding tert-OH is 4. The SMILES string of the molecule is CC(C)(CO)C(O)CO.CC(C)O.[Ti]. The fourth-order valence-corrected chi connectivity index (χ4v) is 0.352. The van der Waals surface area contributed by atoms with Gasteiger partial charge in [0.15, 0.2) is 0 Å². The normalized spacial score (nSPS) is 12.6. The minimum atomic E-state index is -0.831. The third kappa shape index (κ3) is 12.6. The summed E-state index contributed by atoms with van der Waals surface area (Å²) in [6.45, 7) is 6.41. The first kappa shape index (κ1) is 20.0. The molecule has 0 fully saturated rings. The smallest absolute Gasteiger partial charge is 0.0843 e. The van der Waals surface area contributed by atoms with Crippen molar-refractivity contribution in [1.29, 1.82) is 0 Å². The van der Waals surface area contributed by atoms with Gasteiger partial charge in [-0.2, -0.15) is 0 Å². The average molecular weight is 242 g/mol. The number of hydrogen-bond acceptors (Lipinski definition) is 4. The monoisotopic (exact) mass is 242 g/mol. The van der Waals surface area contributed by atoms with E-state index in [0.29, 0.717) is 0 Å². The zero-order valence-electron chi connectivity index (χ0n) is 9.36. The molecule has 0 radical (unpaired) electrons. The first-order chi connectivity index (χ1) is 5.77. The molecule has 0 aliphatic heterocycles. The minimum Gasteiger partial charge on any atom is -0.396 e. The van der Waals surface area contributed by atoms with Crippen molar-refractivity contribution in [1.82, 2.24) is 0 Å². The van der Waals surface area contributed by atoms with E-state index in [4.69, 9.17) is 20.4 Å². The first-order valence-corrected chi connectivity index (χ1v) is 4.35. The van der Waals surface area contributed by atoms with Gasteiger partial charge in [0, 0.05) is 33.2 Å². The van der Waals surface area contributed by atoms with Crippen LogP contribution in [0.15, 0.2) is 0 Å². The van der Waals surface area contributed by atoms with Crippen LogP contribution in [0, 0.1) is 5.41 Å². The molecule has 1 unspecified atom stereocenters. The summed E-state index contributed by atoms with van der Waals surface area (Å²) in [5.74, 6) is 0. The van der Waals surface area contributed by atoms with Gasteiger partial charge in [0.25, 0.3) is 0 Å². The molecule has 0 aliphatic carbocycles. The second kappa shape index (κ2) is 10.1. The van der Waals surface area contributed by atoms with Crippen LogP contribution in [0.5, 0.6) is 0 Å². The van der Waals surface area contributed by atoms with E-state index in [1.165, 1.54) is 0 Å². The maximum atomic E-state index is 8.98. The molecule has 0 rings (SSSR count). The van der Waals surface area contributed by atoms with Crippen molar-refractivity contribution in [2.45, 2.75) is 39.9 Å². The fraction of sp³-hybridized carbons (Fsp3) is 1.00. The van der Waals surface area contributed by atoms with Crippen LogP contribution in [-0.4, -0.2) is 45.8 Å². The van der Waals surface area contributed by atoms with Gasteiger partial charge in [0.1, 0.15) is 0 Å². The Morgan fingerprint density at radius 3 is 1.43 bits per heavy atom. The van der Waals surface area contributed by atoms with Crippen molar-refractivity contribution < 1.29 is 42.1 Å². The molecule has 4 nitrogen and oxygen atoms in total. The van der Waals surface area contributed by atoms with E-state index in [2.05, 4.69) is 0 Å². The van der Waals surface area contributed by atoms with Crippen molar-refractivity contribution in [3.63, 3.8) is 0 Å². The molecule has 86 valence electrons. The summed E-state index contributed by atoms with van der Waals surface area (Å²) in [6, 6.07) is 0. The molecule has 14 heavy (non-hydrogen) atoms. The van der Waals surface area contributed by atoms with Crippen LogP contribution < -0.4 is 0 Å². The third-order valence-electron chi connectivity index (χ3n) is 1.48. The topological polar surface area (TPSA) is 80.9 Å². The standard InChI is InChI=1S/C6H14O3.C3H8O.Ti/c1-6(2,4-8)5(9)3-7;1-3(2)4;/h5,7-9H,3-4H2,1-2H3;3-4H,1-2H3;. The zero-order valence-corrected chi connectivity index (χ0v) is 10.9. The van der Waals surface area contributed by atoms with E-state index < -0.39 is 11.5 Å². The van der Waals surface area contributed by atoms with Crippen LogP contribution in [0.4, 0.5) is 0 Å². The molecule has 0 heterocycles. The van der Waals surface area contributed by atoms with E-state index in [9.17, 15) is 0 Å². The van der Waals surface area contributed by atoms with Crippen LogP contribution in [0.1, 0.15) is 27.7 Å². The van der Waals surface area contributed by atoms with Gasteiger partial charge in [-0.1, -0.05) is 13.8 Å². The molecule has 0 bridgehead atoms. The molecule has 0 aliphatic rings. The Balaban J connectivity index is -0.000000209. The second-order valence-corrected chi connectivity index (χ2v) is 3.94. The maximum Gasteiger partial charge on any atom is 0.0843 e. The van der Waals surface area contributed by atoms with Gasteiger partial charge in [0.2, 0.25) is 0 Å². The fourth-order valence-electron chi connectivity index (χ4n) is 0.352. The van der Waals surface area contributed by atoms with Crippen molar-refractivity contribution >= 4 is 0 Å². The van der Waals surface area contributed by atoms with E-state index >= 15 is 0 Å². The molecule has 0 aromatic carbocycles. The number of aliphatic hydroxyl groups is 4. The predicted molar refractivity (Wildman–Crippen MR) is 51.3 cm³/mol. The Morgan fingerprint density at radius 1 is 1.07 bits per heavy atom. The van der Waals surface area contributed by atoms with Gasteiger partial charge in [-0.05, 0) is 13.8 Å². The molecule has 0 saturated carbocycles. The molecule has 0 aromatic heterocycles. The molecular formula is C9H22O4Ti. The Hall–Kier alpha value is 0.554. The van der Waals surface area contributed by atoms with Gasteiger partial charge in [-0.3, -0.25) is 0 Å². The van der Waals surface area contributed by atoms with Gasteiger partial charge in [-0.25, -0.2) is 0 Å². The minimum absolute atomic E-state index is 0. The molecule has 0 spiro atoms. The first-order valence-electron chi connectivity index (χ1n) is 4.35.